The van der Waals surface area contributed by atoms with Crippen molar-refractivity contribution in [1.29, 1.82) is 0 Å². The smallest absolute Gasteiger partial charge is 0.233 e. The van der Waals surface area contributed by atoms with Crippen molar-refractivity contribution in [1.82, 2.24) is 9.97 Å². The first kappa shape index (κ1) is 11.9. The van der Waals surface area contributed by atoms with Crippen LogP contribution in [-0.4, -0.2) is 16.1 Å². The van der Waals surface area contributed by atoms with E-state index in [0.717, 1.165) is 5.56 Å². The first-order chi connectivity index (χ1) is 8.16. The molecule has 0 atom stereocenters. The maximum Gasteiger partial charge on any atom is 0.233 e. The Bertz CT molecular complexity index is 514. The molecule has 0 radical (unpaired) electrons. The molecule has 1 aromatic heterocycles. The summed E-state index contributed by atoms with van der Waals surface area (Å²) >= 11 is 6.11. The van der Waals surface area contributed by atoms with E-state index in [9.17, 15) is 0 Å². The zero-order valence-corrected chi connectivity index (χ0v) is 10.5. The molecule has 3 nitrogen and oxygen atoms in total. The van der Waals surface area contributed by atoms with E-state index >= 15 is 0 Å². The molecular formula is C13H13ClN2O. The van der Waals surface area contributed by atoms with Crippen LogP contribution in [0.1, 0.15) is 13.8 Å². The third kappa shape index (κ3) is 2.94. The Morgan fingerprint density at radius 2 is 1.94 bits per heavy atom. The lowest BCUT2D eigenvalue weighted by atomic mass is 10.2. The molecule has 1 aromatic carbocycles. The molecule has 0 aliphatic carbocycles. The average molecular weight is 249 g/mol. The second-order valence-electron chi connectivity index (χ2n) is 3.89. The predicted molar refractivity (Wildman–Crippen MR) is 68.2 cm³/mol. The van der Waals surface area contributed by atoms with E-state index in [1.165, 1.54) is 0 Å². The van der Waals surface area contributed by atoms with Crippen molar-refractivity contribution >= 4 is 11.6 Å². The van der Waals surface area contributed by atoms with Gasteiger partial charge in [0.15, 0.2) is 0 Å². The third-order valence-corrected chi connectivity index (χ3v) is 2.45. The number of aromatic nitrogens is 2. The van der Waals surface area contributed by atoms with Crippen molar-refractivity contribution < 1.29 is 4.74 Å². The lowest BCUT2D eigenvalue weighted by Crippen LogP contribution is -2.07. The summed E-state index contributed by atoms with van der Waals surface area (Å²) in [6, 6.07) is 7.53. The summed E-state index contributed by atoms with van der Waals surface area (Å²) in [6.45, 7) is 3.90. The zero-order chi connectivity index (χ0) is 12.3. The summed E-state index contributed by atoms with van der Waals surface area (Å²) in [5.74, 6) is 0.511. The van der Waals surface area contributed by atoms with Gasteiger partial charge in [0.05, 0.1) is 29.2 Å². The van der Waals surface area contributed by atoms with Gasteiger partial charge in [-0.15, -0.1) is 0 Å². The van der Waals surface area contributed by atoms with Crippen LogP contribution in [0.3, 0.4) is 0 Å². The van der Waals surface area contributed by atoms with Crippen LogP contribution < -0.4 is 4.74 Å². The van der Waals surface area contributed by atoms with E-state index in [1.54, 1.807) is 12.4 Å². The van der Waals surface area contributed by atoms with Crippen LogP contribution in [0.5, 0.6) is 5.88 Å². The van der Waals surface area contributed by atoms with Crippen LogP contribution in [0.15, 0.2) is 36.7 Å². The molecule has 0 N–H and O–H groups in total. The minimum Gasteiger partial charge on any atom is -0.474 e. The van der Waals surface area contributed by atoms with Gasteiger partial charge in [0.1, 0.15) is 0 Å². The molecular weight excluding hydrogens is 236 g/mol. The van der Waals surface area contributed by atoms with Crippen LogP contribution in [0.2, 0.25) is 5.02 Å². The Balaban J connectivity index is 2.37. The lowest BCUT2D eigenvalue weighted by molar-refractivity contribution is 0.232. The molecule has 0 aliphatic heterocycles. The van der Waals surface area contributed by atoms with Crippen molar-refractivity contribution in [3.8, 4) is 17.1 Å². The fourth-order valence-electron chi connectivity index (χ4n) is 1.45. The molecule has 0 saturated carbocycles. The van der Waals surface area contributed by atoms with Gasteiger partial charge in [-0.2, -0.15) is 0 Å². The number of hydrogen-bond acceptors (Lipinski definition) is 3. The Hall–Kier alpha value is -1.61. The van der Waals surface area contributed by atoms with Gasteiger partial charge < -0.3 is 4.74 Å². The van der Waals surface area contributed by atoms with Gasteiger partial charge in [-0.1, -0.05) is 29.8 Å². The highest BCUT2D eigenvalue weighted by Crippen LogP contribution is 2.26. The maximum atomic E-state index is 6.11. The van der Waals surface area contributed by atoms with Crippen molar-refractivity contribution in [2.45, 2.75) is 20.0 Å². The van der Waals surface area contributed by atoms with Gasteiger partial charge in [0.25, 0.3) is 0 Å². The number of benzene rings is 1. The highest BCUT2D eigenvalue weighted by molar-refractivity contribution is 6.33. The first-order valence-electron chi connectivity index (χ1n) is 5.40. The molecule has 2 aromatic rings. The van der Waals surface area contributed by atoms with Gasteiger partial charge in [-0.3, -0.25) is 4.98 Å². The number of rotatable bonds is 3. The number of ether oxygens (including phenoxy) is 1. The lowest BCUT2D eigenvalue weighted by Gasteiger charge is -2.09. The van der Waals surface area contributed by atoms with E-state index < -0.39 is 0 Å². The largest absolute Gasteiger partial charge is 0.474 e. The van der Waals surface area contributed by atoms with Crippen LogP contribution >= 0.6 is 11.6 Å². The van der Waals surface area contributed by atoms with E-state index in [4.69, 9.17) is 16.3 Å². The van der Waals surface area contributed by atoms with Crippen LogP contribution in [0.4, 0.5) is 0 Å². The van der Waals surface area contributed by atoms with E-state index in [0.29, 0.717) is 16.6 Å². The van der Waals surface area contributed by atoms with Crippen molar-refractivity contribution in [2.75, 3.05) is 0 Å². The predicted octanol–water partition coefficient (Wildman–Crippen LogP) is 3.58. The topological polar surface area (TPSA) is 35.0 Å². The van der Waals surface area contributed by atoms with E-state index in [1.807, 2.05) is 38.1 Å². The van der Waals surface area contributed by atoms with Crippen LogP contribution in [0, 0.1) is 0 Å². The summed E-state index contributed by atoms with van der Waals surface area (Å²) in [4.78, 5) is 8.48. The Labute approximate surface area is 105 Å². The van der Waals surface area contributed by atoms with Crippen LogP contribution in [-0.2, 0) is 0 Å². The fraction of sp³-hybridized carbons (Fsp3) is 0.231. The summed E-state index contributed by atoms with van der Waals surface area (Å²) in [5, 5.41) is 0.656. The molecule has 0 fully saturated rings. The Morgan fingerprint density at radius 3 is 2.65 bits per heavy atom. The molecule has 0 aliphatic rings. The molecule has 1 heterocycles. The molecule has 17 heavy (non-hydrogen) atoms. The highest BCUT2D eigenvalue weighted by atomic mass is 35.5. The van der Waals surface area contributed by atoms with Gasteiger partial charge in [-0.25, -0.2) is 4.98 Å². The van der Waals surface area contributed by atoms with Crippen molar-refractivity contribution in [3.63, 3.8) is 0 Å². The third-order valence-electron chi connectivity index (χ3n) is 2.12. The molecule has 0 saturated heterocycles. The average Bonchev–Trinajstić information content (AvgIpc) is 2.29. The first-order valence-corrected chi connectivity index (χ1v) is 5.78. The minimum absolute atomic E-state index is 0.0748. The molecule has 88 valence electrons. The quantitative estimate of drug-likeness (QED) is 0.833. The Kier molecular flexibility index (Phi) is 3.59. The maximum absolute atomic E-state index is 6.11. The molecule has 0 bridgehead atoms. The fourth-order valence-corrected chi connectivity index (χ4v) is 1.68. The SMILES string of the molecule is CC(C)Oc1cncc(-c2ccccc2Cl)n1. The highest BCUT2D eigenvalue weighted by Gasteiger charge is 2.07. The normalized spacial score (nSPS) is 10.6. The van der Waals surface area contributed by atoms with Gasteiger partial charge in [0.2, 0.25) is 5.88 Å². The Morgan fingerprint density at radius 1 is 1.18 bits per heavy atom. The second kappa shape index (κ2) is 5.15. The number of nitrogens with zero attached hydrogens (tertiary/aromatic N) is 2. The molecule has 0 spiro atoms. The van der Waals surface area contributed by atoms with Crippen LogP contribution in [0.25, 0.3) is 11.3 Å². The number of hydrogen-bond donors (Lipinski definition) is 0. The standard InChI is InChI=1S/C13H13ClN2O/c1-9(2)17-13-8-15-7-12(16-13)10-5-3-4-6-11(10)14/h3-9H,1-2H3. The molecule has 4 heteroatoms. The van der Waals surface area contributed by atoms with Gasteiger partial charge >= 0.3 is 0 Å². The summed E-state index contributed by atoms with van der Waals surface area (Å²) in [5.41, 5.74) is 1.57. The van der Waals surface area contributed by atoms with Gasteiger partial charge in [0, 0.05) is 5.56 Å². The number of halogens is 1. The summed E-state index contributed by atoms with van der Waals surface area (Å²) in [7, 11) is 0. The van der Waals surface area contributed by atoms with E-state index in [2.05, 4.69) is 9.97 Å². The van der Waals surface area contributed by atoms with Gasteiger partial charge in [-0.05, 0) is 19.9 Å². The molecule has 0 unspecified atom stereocenters. The second-order valence-corrected chi connectivity index (χ2v) is 4.30. The molecule has 2 rings (SSSR count). The minimum atomic E-state index is 0.0748. The monoisotopic (exact) mass is 248 g/mol. The van der Waals surface area contributed by atoms with Crippen molar-refractivity contribution in [3.05, 3.63) is 41.7 Å². The van der Waals surface area contributed by atoms with Crippen molar-refractivity contribution in [2.24, 2.45) is 0 Å². The zero-order valence-electron chi connectivity index (χ0n) is 9.72. The summed E-state index contributed by atoms with van der Waals surface area (Å²) in [6.07, 6.45) is 3.35. The van der Waals surface area contributed by atoms with E-state index in [-0.39, 0.29) is 6.10 Å². The summed E-state index contributed by atoms with van der Waals surface area (Å²) < 4.78 is 5.50. The molecule has 0 amide bonds.